The van der Waals surface area contributed by atoms with E-state index in [1.54, 1.807) is 37.3 Å². The average molecular weight is 605 g/mol. The van der Waals surface area contributed by atoms with Crippen LogP contribution in [0, 0.1) is 12.7 Å². The maximum absolute atomic E-state index is 14.3. The zero-order chi connectivity index (χ0) is 30.1. The number of nitrogens with one attached hydrogen (secondary N) is 1. The molecule has 3 aromatic rings. The van der Waals surface area contributed by atoms with Crippen LogP contribution in [0.4, 0.5) is 18.9 Å². The summed E-state index contributed by atoms with van der Waals surface area (Å²) in [6.45, 7) is 0.928. The summed E-state index contributed by atoms with van der Waals surface area (Å²) >= 11 is 0. The summed E-state index contributed by atoms with van der Waals surface area (Å²) in [4.78, 5) is 12.2. The first-order valence-corrected chi connectivity index (χ1v) is 14.9. The first kappa shape index (κ1) is 29.7. The van der Waals surface area contributed by atoms with Crippen molar-refractivity contribution >= 4 is 21.6 Å². The molecular formula is C30H31F3N2O6S. The van der Waals surface area contributed by atoms with E-state index in [1.165, 1.54) is 29.4 Å². The molecule has 1 atom stereocenters. The van der Waals surface area contributed by atoms with Gasteiger partial charge in [-0.15, -0.1) is 0 Å². The van der Waals surface area contributed by atoms with Gasteiger partial charge in [-0.05, 0) is 72.9 Å². The van der Waals surface area contributed by atoms with Crippen molar-refractivity contribution in [2.75, 3.05) is 24.1 Å². The molecule has 1 N–H and O–H groups in total. The number of amides is 1. The van der Waals surface area contributed by atoms with Crippen LogP contribution in [0.3, 0.4) is 0 Å². The molecule has 0 bridgehead atoms. The lowest BCUT2D eigenvalue weighted by atomic mass is 9.84. The third kappa shape index (κ3) is 6.49. The third-order valence-corrected chi connectivity index (χ3v) is 9.18. The minimum atomic E-state index is -4.10. The Morgan fingerprint density at radius 3 is 2.55 bits per heavy atom. The first-order valence-electron chi connectivity index (χ1n) is 13.5. The van der Waals surface area contributed by atoms with Crippen molar-refractivity contribution in [2.24, 2.45) is 0 Å². The molecule has 0 aliphatic carbocycles. The van der Waals surface area contributed by atoms with E-state index in [0.717, 1.165) is 17.7 Å². The molecule has 0 unspecified atom stereocenters. The predicted octanol–water partition coefficient (Wildman–Crippen LogP) is 5.43. The third-order valence-electron chi connectivity index (χ3n) is 7.41. The number of fused-ring (bicyclic) bond motifs is 1. The minimum absolute atomic E-state index is 0.0577. The summed E-state index contributed by atoms with van der Waals surface area (Å²) in [5.41, 5.74) is 0.931. The second kappa shape index (κ2) is 11.8. The van der Waals surface area contributed by atoms with Crippen LogP contribution < -0.4 is 19.1 Å². The molecule has 2 aliphatic rings. The molecule has 42 heavy (non-hydrogen) atoms. The fourth-order valence-corrected chi connectivity index (χ4v) is 7.18. The topological polar surface area (TPSA) is 94.2 Å². The molecule has 0 aromatic heterocycles. The maximum atomic E-state index is 14.3. The molecule has 0 spiro atoms. The van der Waals surface area contributed by atoms with Crippen LogP contribution in [0.25, 0.3) is 11.1 Å². The molecule has 3 aromatic carbocycles. The highest BCUT2D eigenvalue weighted by atomic mass is 32.2. The van der Waals surface area contributed by atoms with Crippen LogP contribution in [0.2, 0.25) is 0 Å². The molecule has 0 saturated carbocycles. The van der Waals surface area contributed by atoms with Crippen molar-refractivity contribution in [2.45, 2.75) is 56.3 Å². The van der Waals surface area contributed by atoms with Gasteiger partial charge in [0.25, 0.3) is 10.0 Å². The van der Waals surface area contributed by atoms with E-state index in [0.29, 0.717) is 38.0 Å². The highest BCUT2D eigenvalue weighted by Gasteiger charge is 2.41. The van der Waals surface area contributed by atoms with Gasteiger partial charge in [0.15, 0.2) is 0 Å². The Kier molecular flexibility index (Phi) is 8.38. The summed E-state index contributed by atoms with van der Waals surface area (Å²) < 4.78 is 85.6. The van der Waals surface area contributed by atoms with Gasteiger partial charge in [-0.2, -0.15) is 8.78 Å². The molecular weight excluding hydrogens is 573 g/mol. The molecule has 5 rings (SSSR count). The molecule has 0 radical (unpaired) electrons. The number of nitrogens with zero attached hydrogens (tertiary/aromatic N) is 1. The lowest BCUT2D eigenvalue weighted by Gasteiger charge is -2.43. The van der Waals surface area contributed by atoms with Crippen LogP contribution in [0.5, 0.6) is 11.5 Å². The van der Waals surface area contributed by atoms with Gasteiger partial charge in [0.1, 0.15) is 23.4 Å². The number of carbonyl (C=O) groups excluding carboxylic acids is 1. The van der Waals surface area contributed by atoms with Crippen molar-refractivity contribution in [3.8, 4) is 22.6 Å². The molecule has 1 amide bonds. The standard InChI is InChI=1S/C30H31F3N2O6S/c1-19-4-3-5-26(12-19)42(37,38)35-18-25(17-30(34-20(2)36)8-10-39-11-9-30)40-28-7-6-21(15-27(28)35)22-13-23(31)16-24(14-22)41-29(32)33/h3-7,12-16,25,29H,8-11,17-18H2,1-2H3,(H,34,36)/t25-/m0/s1. The van der Waals surface area contributed by atoms with Gasteiger partial charge in [-0.3, -0.25) is 9.10 Å². The number of benzene rings is 3. The van der Waals surface area contributed by atoms with Crippen molar-refractivity contribution < 1.29 is 40.6 Å². The minimum Gasteiger partial charge on any atom is -0.486 e. The number of hydrogen-bond acceptors (Lipinski definition) is 6. The molecule has 2 heterocycles. The zero-order valence-corrected chi connectivity index (χ0v) is 23.9. The summed E-state index contributed by atoms with van der Waals surface area (Å²) in [5, 5.41) is 3.05. The Morgan fingerprint density at radius 1 is 1.10 bits per heavy atom. The van der Waals surface area contributed by atoms with Crippen molar-refractivity contribution in [3.63, 3.8) is 0 Å². The van der Waals surface area contributed by atoms with Gasteiger partial charge in [-0.1, -0.05) is 18.2 Å². The first-order chi connectivity index (χ1) is 19.9. The highest BCUT2D eigenvalue weighted by Crippen LogP contribution is 2.42. The summed E-state index contributed by atoms with van der Waals surface area (Å²) in [5.74, 6) is -1.08. The number of aryl methyl sites for hydroxylation is 1. The largest absolute Gasteiger partial charge is 0.486 e. The molecule has 12 heteroatoms. The van der Waals surface area contributed by atoms with Gasteiger partial charge < -0.3 is 19.5 Å². The Bertz CT molecular complexity index is 1580. The number of ether oxygens (including phenoxy) is 3. The van der Waals surface area contributed by atoms with Crippen LogP contribution in [-0.4, -0.2) is 52.3 Å². The normalized spacial score (nSPS) is 18.2. The van der Waals surface area contributed by atoms with Crippen LogP contribution >= 0.6 is 0 Å². The summed E-state index contributed by atoms with van der Waals surface area (Å²) in [6, 6.07) is 14.5. The Morgan fingerprint density at radius 2 is 1.86 bits per heavy atom. The van der Waals surface area contributed by atoms with Gasteiger partial charge in [0.05, 0.1) is 17.1 Å². The number of halogens is 3. The number of sulfonamides is 1. The number of alkyl halides is 2. The van der Waals surface area contributed by atoms with Gasteiger partial charge in [0.2, 0.25) is 5.91 Å². The molecule has 1 fully saturated rings. The highest BCUT2D eigenvalue weighted by molar-refractivity contribution is 7.92. The fraction of sp³-hybridized carbons (Fsp3) is 0.367. The van der Waals surface area contributed by atoms with E-state index >= 15 is 0 Å². The second-order valence-electron chi connectivity index (χ2n) is 10.6. The summed E-state index contributed by atoms with van der Waals surface area (Å²) in [7, 11) is -4.10. The fourth-order valence-electron chi connectivity index (χ4n) is 5.58. The molecule has 2 aliphatic heterocycles. The number of hydrogen-bond donors (Lipinski definition) is 1. The lowest BCUT2D eigenvalue weighted by molar-refractivity contribution is -0.122. The number of rotatable bonds is 8. The number of carbonyl (C=O) groups is 1. The maximum Gasteiger partial charge on any atom is 0.387 e. The smallest absolute Gasteiger partial charge is 0.387 e. The van der Waals surface area contributed by atoms with E-state index in [4.69, 9.17) is 9.47 Å². The molecule has 224 valence electrons. The van der Waals surface area contributed by atoms with Crippen molar-refractivity contribution in [3.05, 3.63) is 72.0 Å². The van der Waals surface area contributed by atoms with Gasteiger partial charge in [-0.25, -0.2) is 12.8 Å². The van der Waals surface area contributed by atoms with E-state index in [-0.39, 0.29) is 40.1 Å². The predicted molar refractivity (Wildman–Crippen MR) is 150 cm³/mol. The zero-order valence-electron chi connectivity index (χ0n) is 23.1. The monoisotopic (exact) mass is 604 g/mol. The molecule has 1 saturated heterocycles. The SMILES string of the molecule is CC(=O)NC1(C[C@H]2CN(S(=O)(=O)c3cccc(C)c3)c3cc(-c4cc(F)cc(OC(F)F)c4)ccc3O2)CCOCC1. The van der Waals surface area contributed by atoms with Gasteiger partial charge >= 0.3 is 6.61 Å². The van der Waals surface area contributed by atoms with Crippen LogP contribution in [0.15, 0.2) is 65.6 Å². The molecule has 8 nitrogen and oxygen atoms in total. The summed E-state index contributed by atoms with van der Waals surface area (Å²) in [6.07, 6.45) is 0.819. The van der Waals surface area contributed by atoms with E-state index in [2.05, 4.69) is 10.1 Å². The van der Waals surface area contributed by atoms with Crippen molar-refractivity contribution in [1.29, 1.82) is 0 Å². The Labute approximate surface area is 242 Å². The Hall–Kier alpha value is -3.77. The van der Waals surface area contributed by atoms with Crippen molar-refractivity contribution in [1.82, 2.24) is 5.32 Å². The number of anilines is 1. The quantitative estimate of drug-likeness (QED) is 0.369. The van der Waals surface area contributed by atoms with Gasteiger partial charge in [0, 0.05) is 38.2 Å². The van der Waals surface area contributed by atoms with Crippen LogP contribution in [0.1, 0.15) is 31.7 Å². The van der Waals surface area contributed by atoms with E-state index < -0.39 is 34.1 Å². The lowest BCUT2D eigenvalue weighted by Crippen LogP contribution is -2.56. The Balaban J connectivity index is 1.57. The van der Waals surface area contributed by atoms with E-state index in [9.17, 15) is 26.4 Å². The second-order valence-corrected chi connectivity index (χ2v) is 12.5. The van der Waals surface area contributed by atoms with Crippen LogP contribution in [-0.2, 0) is 19.6 Å². The van der Waals surface area contributed by atoms with E-state index in [1.807, 2.05) is 0 Å². The average Bonchev–Trinajstić information content (AvgIpc) is 2.91.